The zero-order valence-corrected chi connectivity index (χ0v) is 35.5. The molecule has 0 spiro atoms. The van der Waals surface area contributed by atoms with Crippen LogP contribution in [0.4, 0.5) is 22.7 Å². The van der Waals surface area contributed by atoms with E-state index in [4.69, 9.17) is 66.7 Å². The maximum atomic E-state index is 12.1. The Morgan fingerprint density at radius 1 is 0.617 bits per heavy atom. The number of aliphatic carboxylic acids is 1. The first kappa shape index (κ1) is 48.9. The van der Waals surface area contributed by atoms with Gasteiger partial charge in [-0.2, -0.15) is 0 Å². The molecule has 0 aliphatic rings. The molecule has 19 heteroatoms. The number of thiazole rings is 2. The molecule has 60 heavy (non-hydrogen) atoms. The number of ether oxygens (including phenoxy) is 2. The second-order valence-corrected chi connectivity index (χ2v) is 15.3. The molecular formula is C41H40Cl4N6O7S2. The van der Waals surface area contributed by atoms with Gasteiger partial charge in [-0.1, -0.05) is 53.8 Å². The first-order chi connectivity index (χ1) is 28.4. The molecule has 6 rings (SSSR count). The predicted molar refractivity (Wildman–Crippen MR) is 243 cm³/mol. The van der Waals surface area contributed by atoms with E-state index in [2.05, 4.69) is 25.9 Å². The Kier molecular flexibility index (Phi) is 21.2. The summed E-state index contributed by atoms with van der Waals surface area (Å²) in [7, 11) is 0. The molecule has 0 bridgehead atoms. The topological polar surface area (TPSA) is 195 Å². The minimum atomic E-state index is -0.833. The number of nitrogens with zero attached hydrogens (tertiary/aromatic N) is 2. The van der Waals surface area contributed by atoms with Crippen LogP contribution in [0.3, 0.4) is 0 Å². The number of carboxylic acids is 1. The molecule has 0 fully saturated rings. The summed E-state index contributed by atoms with van der Waals surface area (Å²) in [5, 5.41) is 23.0. The number of carbonyl (C=O) groups is 4. The second-order valence-electron chi connectivity index (χ2n) is 11.8. The van der Waals surface area contributed by atoms with Crippen LogP contribution in [0.2, 0.25) is 20.1 Å². The first-order valence-electron chi connectivity index (χ1n) is 17.4. The molecule has 3 amide bonds. The quantitative estimate of drug-likeness (QED) is 0.0488. The van der Waals surface area contributed by atoms with E-state index in [0.29, 0.717) is 96.8 Å². The summed E-state index contributed by atoms with van der Waals surface area (Å²) in [5.74, 6) is -0.373. The number of hydrogen-bond acceptors (Lipinski definition) is 11. The largest absolute Gasteiger partial charge is 0.492 e. The number of nitrogens with two attached hydrogens (primary N) is 1. The smallest absolute Gasteiger partial charge is 0.303 e. The fourth-order valence-corrected chi connectivity index (χ4v) is 6.46. The van der Waals surface area contributed by atoms with Gasteiger partial charge in [0.1, 0.15) is 11.5 Å². The van der Waals surface area contributed by atoms with E-state index in [1.165, 1.54) is 22.7 Å². The van der Waals surface area contributed by atoms with Gasteiger partial charge in [-0.15, -0.1) is 22.7 Å². The van der Waals surface area contributed by atoms with Crippen molar-refractivity contribution in [2.24, 2.45) is 0 Å². The lowest BCUT2D eigenvalue weighted by atomic mass is 10.2. The highest BCUT2D eigenvalue weighted by atomic mass is 35.5. The highest BCUT2D eigenvalue weighted by molar-refractivity contribution is 7.12. The van der Waals surface area contributed by atoms with Crippen molar-refractivity contribution in [2.75, 3.05) is 34.9 Å². The summed E-state index contributed by atoms with van der Waals surface area (Å²) in [6.07, 6.45) is 4.55. The van der Waals surface area contributed by atoms with Gasteiger partial charge < -0.3 is 36.3 Å². The fraction of sp³-hybridized carbons (Fsp3) is 0.171. The number of benzene rings is 4. The average molecular weight is 935 g/mol. The van der Waals surface area contributed by atoms with Crippen molar-refractivity contribution in [3.8, 4) is 11.5 Å². The van der Waals surface area contributed by atoms with Crippen molar-refractivity contribution in [1.82, 2.24) is 9.97 Å². The molecule has 6 aromatic rings. The van der Waals surface area contributed by atoms with Crippen molar-refractivity contribution >= 4 is 116 Å². The van der Waals surface area contributed by atoms with E-state index < -0.39 is 5.97 Å². The Balaban J connectivity index is 0.000000262. The Morgan fingerprint density at radius 2 is 1.03 bits per heavy atom. The molecule has 0 saturated heterocycles. The van der Waals surface area contributed by atoms with Crippen LogP contribution >= 0.6 is 69.1 Å². The van der Waals surface area contributed by atoms with Crippen LogP contribution in [0.25, 0.3) is 0 Å². The number of hydrogen-bond donors (Lipinski definition) is 5. The Bertz CT molecular complexity index is 2270. The van der Waals surface area contributed by atoms with Crippen molar-refractivity contribution < 1.29 is 33.8 Å². The Hall–Kier alpha value is -5.42. The third-order valence-electron chi connectivity index (χ3n) is 7.23. The number of carbonyl (C=O) groups excluding carboxylic acids is 3. The Morgan fingerprint density at radius 3 is 1.43 bits per heavy atom. The summed E-state index contributed by atoms with van der Waals surface area (Å²) < 4.78 is 10.8. The number of nitrogens with one attached hydrogen (secondary N) is 3. The molecule has 0 aliphatic heterocycles. The number of carboxylic acid groups (broad SMARTS) is 1. The van der Waals surface area contributed by atoms with Crippen LogP contribution in [0.1, 0.15) is 52.7 Å². The Labute approximate surface area is 374 Å². The van der Waals surface area contributed by atoms with Gasteiger partial charge in [-0.25, -0.2) is 9.97 Å². The molecule has 0 atom stereocenters. The molecule has 316 valence electrons. The van der Waals surface area contributed by atoms with Crippen LogP contribution in [0.15, 0.2) is 108 Å². The van der Waals surface area contributed by atoms with Gasteiger partial charge in [0.15, 0.2) is 10.0 Å². The maximum absolute atomic E-state index is 12.1. The van der Waals surface area contributed by atoms with Gasteiger partial charge in [0.05, 0.1) is 23.3 Å². The highest BCUT2D eigenvalue weighted by Crippen LogP contribution is 2.28. The molecular weight excluding hydrogens is 894 g/mol. The summed E-state index contributed by atoms with van der Waals surface area (Å²) in [5.41, 5.74) is 8.17. The molecule has 2 aromatic heterocycles. The average Bonchev–Trinajstić information content (AvgIpc) is 3.95. The van der Waals surface area contributed by atoms with Crippen LogP contribution < -0.4 is 31.2 Å². The number of aromatic nitrogens is 2. The van der Waals surface area contributed by atoms with Crippen LogP contribution in [-0.4, -0.2) is 52.0 Å². The van der Waals surface area contributed by atoms with Gasteiger partial charge in [0.25, 0.3) is 11.8 Å². The predicted octanol–water partition coefficient (Wildman–Crippen LogP) is 11.4. The van der Waals surface area contributed by atoms with Crippen molar-refractivity contribution in [3.05, 3.63) is 138 Å². The summed E-state index contributed by atoms with van der Waals surface area (Å²) in [6, 6.07) is 23.7. The van der Waals surface area contributed by atoms with E-state index in [0.717, 1.165) is 0 Å². The molecule has 6 N–H and O–H groups in total. The van der Waals surface area contributed by atoms with Gasteiger partial charge in [-0.05, 0) is 97.8 Å². The van der Waals surface area contributed by atoms with Crippen molar-refractivity contribution in [2.45, 2.75) is 33.1 Å². The van der Waals surface area contributed by atoms with E-state index in [1.54, 1.807) is 108 Å². The molecule has 0 aliphatic carbocycles. The minimum absolute atomic E-state index is 0. The molecule has 0 saturated carbocycles. The second kappa shape index (κ2) is 25.9. The highest BCUT2D eigenvalue weighted by Gasteiger charge is 2.10. The molecule has 4 aromatic carbocycles. The van der Waals surface area contributed by atoms with E-state index >= 15 is 0 Å². The molecule has 0 radical (unpaired) electrons. The lowest BCUT2D eigenvalue weighted by Gasteiger charge is -2.09. The molecule has 0 unspecified atom stereocenters. The third-order valence-corrected chi connectivity index (χ3v) is 9.84. The molecule has 13 nitrogen and oxygen atoms in total. The lowest BCUT2D eigenvalue weighted by molar-refractivity contribution is -0.137. The normalized spacial score (nSPS) is 10.0. The van der Waals surface area contributed by atoms with Crippen LogP contribution in [-0.2, 0) is 9.59 Å². The van der Waals surface area contributed by atoms with Crippen molar-refractivity contribution in [3.63, 3.8) is 0 Å². The zero-order chi connectivity index (χ0) is 42.6. The van der Waals surface area contributed by atoms with E-state index in [-0.39, 0.29) is 31.6 Å². The summed E-state index contributed by atoms with van der Waals surface area (Å²) >= 11 is 26.0. The zero-order valence-electron chi connectivity index (χ0n) is 30.8. The minimum Gasteiger partial charge on any atom is -0.492 e. The van der Waals surface area contributed by atoms with Gasteiger partial charge in [-0.3, -0.25) is 19.2 Å². The standard InChI is InChI=1S/C20H17Cl2N3O3S.C10H10Cl2O3.C10H9N3OS.CH4/c21-13-3-8-17(16(22)12-13)28-10-1-2-18(26)24-14-4-6-15(7-5-14)25-19(27)20-23-9-11-29-20;11-7-3-4-9(8(12)6-7)15-5-1-2-10(13)14;11-7-1-3-8(4-2-7)13-9(14)10-12-5-6-15-10;/h3-9,11-12H,1-2,10H2,(H,24,26)(H,25,27);3-4,6H,1-2,5H2,(H,13,14);1-6H,11H2,(H,13,14);1H4. The maximum Gasteiger partial charge on any atom is 0.303 e. The lowest BCUT2D eigenvalue weighted by Crippen LogP contribution is -2.13. The monoisotopic (exact) mass is 932 g/mol. The van der Waals surface area contributed by atoms with Crippen molar-refractivity contribution in [1.29, 1.82) is 0 Å². The third kappa shape index (κ3) is 17.8. The SMILES string of the molecule is C.Nc1ccc(NC(=O)c2nccs2)cc1.O=C(CCCOc1ccc(Cl)cc1Cl)Nc1ccc(NC(=O)c2nccs2)cc1.O=C(O)CCCOc1ccc(Cl)cc1Cl. The van der Waals surface area contributed by atoms with Crippen LogP contribution in [0.5, 0.6) is 11.5 Å². The number of nitrogen functional groups attached to an aromatic ring is 1. The summed E-state index contributed by atoms with van der Waals surface area (Å²) in [6.45, 7) is 0.685. The number of rotatable bonds is 15. The fourth-order valence-electron chi connectivity index (χ4n) is 4.47. The first-order valence-corrected chi connectivity index (χ1v) is 20.7. The molecule has 2 heterocycles. The number of anilines is 4. The van der Waals surface area contributed by atoms with Gasteiger partial charge >= 0.3 is 5.97 Å². The van der Waals surface area contributed by atoms with Gasteiger partial charge in [0, 0.05) is 68.8 Å². The summed E-state index contributed by atoms with van der Waals surface area (Å²) in [4.78, 5) is 53.7. The van der Waals surface area contributed by atoms with E-state index in [1.807, 2.05) is 0 Å². The number of amides is 3. The van der Waals surface area contributed by atoms with E-state index in [9.17, 15) is 19.2 Å². The van der Waals surface area contributed by atoms with Crippen LogP contribution in [0, 0.1) is 0 Å². The van der Waals surface area contributed by atoms with Gasteiger partial charge in [0.2, 0.25) is 5.91 Å². The number of halogens is 4.